The Kier molecular flexibility index (Phi) is 4.14. The van der Waals surface area contributed by atoms with Crippen molar-refractivity contribution in [1.29, 1.82) is 0 Å². The van der Waals surface area contributed by atoms with Crippen molar-refractivity contribution in [2.24, 2.45) is 0 Å². The number of allylic oxidation sites excluding steroid dienone is 1. The van der Waals surface area contributed by atoms with E-state index in [0.717, 1.165) is 26.1 Å². The Morgan fingerprint density at radius 3 is 2.79 bits per heavy atom. The number of amides is 1. The largest absolute Gasteiger partial charge is 0.336 e. The topological polar surface area (TPSA) is 23.6 Å². The molecular weight excluding hydrogens is 176 g/mol. The molecule has 3 heteroatoms. The Hall–Kier alpha value is -0.830. The number of hydrogen-bond acceptors (Lipinski definition) is 2. The SMILES string of the molecule is CC/C=C/C(=O)N1CCN(C)C(C)C1. The third-order valence-electron chi connectivity index (χ3n) is 2.77. The molecule has 1 saturated heterocycles. The number of piperazine rings is 1. The highest BCUT2D eigenvalue weighted by atomic mass is 16.2. The Bertz CT molecular complexity index is 225. The first-order valence-electron chi connectivity index (χ1n) is 5.30. The summed E-state index contributed by atoms with van der Waals surface area (Å²) in [6.07, 6.45) is 4.54. The summed E-state index contributed by atoms with van der Waals surface area (Å²) < 4.78 is 0. The van der Waals surface area contributed by atoms with Gasteiger partial charge in [-0.15, -0.1) is 0 Å². The zero-order valence-corrected chi connectivity index (χ0v) is 9.36. The van der Waals surface area contributed by atoms with Crippen LogP contribution in [0.4, 0.5) is 0 Å². The lowest BCUT2D eigenvalue weighted by molar-refractivity contribution is -0.128. The molecule has 1 fully saturated rings. The maximum Gasteiger partial charge on any atom is 0.246 e. The molecule has 0 aliphatic carbocycles. The number of carbonyl (C=O) groups excluding carboxylic acids is 1. The average molecular weight is 196 g/mol. The molecule has 0 aromatic rings. The van der Waals surface area contributed by atoms with Crippen LogP contribution in [0, 0.1) is 0 Å². The zero-order valence-electron chi connectivity index (χ0n) is 9.36. The monoisotopic (exact) mass is 196 g/mol. The lowest BCUT2D eigenvalue weighted by Gasteiger charge is -2.37. The summed E-state index contributed by atoms with van der Waals surface area (Å²) in [4.78, 5) is 15.8. The van der Waals surface area contributed by atoms with Crippen LogP contribution in [0.1, 0.15) is 20.3 Å². The lowest BCUT2D eigenvalue weighted by atomic mass is 10.2. The van der Waals surface area contributed by atoms with Crippen LogP contribution in [0.15, 0.2) is 12.2 Å². The fourth-order valence-electron chi connectivity index (χ4n) is 1.57. The van der Waals surface area contributed by atoms with Gasteiger partial charge in [-0.05, 0) is 26.5 Å². The van der Waals surface area contributed by atoms with Crippen molar-refractivity contribution in [2.45, 2.75) is 26.3 Å². The molecule has 0 aromatic heterocycles. The van der Waals surface area contributed by atoms with Crippen LogP contribution >= 0.6 is 0 Å². The van der Waals surface area contributed by atoms with E-state index in [1.165, 1.54) is 0 Å². The predicted molar refractivity (Wildman–Crippen MR) is 58.1 cm³/mol. The van der Waals surface area contributed by atoms with Crippen molar-refractivity contribution >= 4 is 5.91 Å². The molecule has 1 rings (SSSR count). The first-order chi connectivity index (χ1) is 6.65. The van der Waals surface area contributed by atoms with Crippen molar-refractivity contribution in [1.82, 2.24) is 9.80 Å². The van der Waals surface area contributed by atoms with Gasteiger partial charge in [0.15, 0.2) is 0 Å². The van der Waals surface area contributed by atoms with Crippen LogP contribution in [0.3, 0.4) is 0 Å². The molecule has 1 amide bonds. The lowest BCUT2D eigenvalue weighted by Crippen LogP contribution is -2.51. The molecule has 14 heavy (non-hydrogen) atoms. The molecule has 0 radical (unpaired) electrons. The van der Waals surface area contributed by atoms with Gasteiger partial charge in [0, 0.05) is 25.7 Å². The molecule has 1 heterocycles. The molecule has 3 nitrogen and oxygen atoms in total. The molecule has 1 aliphatic rings. The quantitative estimate of drug-likeness (QED) is 0.618. The van der Waals surface area contributed by atoms with Crippen LogP contribution in [-0.2, 0) is 4.79 Å². The van der Waals surface area contributed by atoms with E-state index >= 15 is 0 Å². The second-order valence-electron chi connectivity index (χ2n) is 3.92. The highest BCUT2D eigenvalue weighted by Gasteiger charge is 2.22. The Balaban J connectivity index is 2.46. The molecule has 80 valence electrons. The summed E-state index contributed by atoms with van der Waals surface area (Å²) in [5.74, 6) is 0.159. The smallest absolute Gasteiger partial charge is 0.246 e. The first kappa shape index (κ1) is 11.2. The van der Waals surface area contributed by atoms with Crippen molar-refractivity contribution < 1.29 is 4.79 Å². The van der Waals surface area contributed by atoms with Gasteiger partial charge in [-0.1, -0.05) is 13.0 Å². The van der Waals surface area contributed by atoms with Gasteiger partial charge in [-0.2, -0.15) is 0 Å². The standard InChI is InChI=1S/C11H20N2O/c1-4-5-6-11(14)13-8-7-12(3)10(2)9-13/h5-6,10H,4,7-9H2,1-3H3/b6-5+. The first-order valence-corrected chi connectivity index (χ1v) is 5.30. The van der Waals surface area contributed by atoms with Crippen molar-refractivity contribution in [3.05, 3.63) is 12.2 Å². The van der Waals surface area contributed by atoms with Crippen LogP contribution in [0.2, 0.25) is 0 Å². The Morgan fingerprint density at radius 1 is 1.50 bits per heavy atom. The minimum Gasteiger partial charge on any atom is -0.336 e. The fourth-order valence-corrected chi connectivity index (χ4v) is 1.57. The Morgan fingerprint density at radius 2 is 2.21 bits per heavy atom. The zero-order chi connectivity index (χ0) is 10.6. The van der Waals surface area contributed by atoms with Gasteiger partial charge < -0.3 is 9.80 Å². The number of nitrogens with zero attached hydrogens (tertiary/aromatic N) is 2. The summed E-state index contributed by atoms with van der Waals surface area (Å²) in [5.41, 5.74) is 0. The molecule has 0 N–H and O–H groups in total. The van der Waals surface area contributed by atoms with E-state index in [4.69, 9.17) is 0 Å². The predicted octanol–water partition coefficient (Wildman–Crippen LogP) is 1.12. The van der Waals surface area contributed by atoms with E-state index in [9.17, 15) is 4.79 Å². The maximum atomic E-state index is 11.6. The summed E-state index contributed by atoms with van der Waals surface area (Å²) in [6, 6.07) is 0.475. The highest BCUT2D eigenvalue weighted by Crippen LogP contribution is 2.07. The average Bonchev–Trinajstić information content (AvgIpc) is 2.18. The van der Waals surface area contributed by atoms with E-state index in [-0.39, 0.29) is 5.91 Å². The second kappa shape index (κ2) is 5.15. The van der Waals surface area contributed by atoms with Crippen LogP contribution in [0.5, 0.6) is 0 Å². The third-order valence-corrected chi connectivity index (χ3v) is 2.77. The molecule has 1 atom stereocenters. The van der Waals surface area contributed by atoms with Gasteiger partial charge >= 0.3 is 0 Å². The van der Waals surface area contributed by atoms with Crippen molar-refractivity contribution in [3.8, 4) is 0 Å². The maximum absolute atomic E-state index is 11.6. The second-order valence-corrected chi connectivity index (χ2v) is 3.92. The minimum atomic E-state index is 0.159. The fraction of sp³-hybridized carbons (Fsp3) is 0.727. The van der Waals surface area contributed by atoms with Crippen LogP contribution in [0.25, 0.3) is 0 Å². The van der Waals surface area contributed by atoms with Gasteiger partial charge in [0.2, 0.25) is 5.91 Å². The van der Waals surface area contributed by atoms with E-state index < -0.39 is 0 Å². The third kappa shape index (κ3) is 2.84. The van der Waals surface area contributed by atoms with E-state index in [1.54, 1.807) is 6.08 Å². The van der Waals surface area contributed by atoms with Gasteiger partial charge in [0.05, 0.1) is 0 Å². The van der Waals surface area contributed by atoms with E-state index in [0.29, 0.717) is 6.04 Å². The van der Waals surface area contributed by atoms with E-state index in [2.05, 4.69) is 18.9 Å². The number of rotatable bonds is 2. The molecular formula is C11H20N2O. The van der Waals surface area contributed by atoms with E-state index in [1.807, 2.05) is 17.9 Å². The molecule has 0 saturated carbocycles. The summed E-state index contributed by atoms with van der Waals surface area (Å²) in [6.45, 7) is 6.88. The highest BCUT2D eigenvalue weighted by molar-refractivity contribution is 5.87. The summed E-state index contributed by atoms with van der Waals surface area (Å²) >= 11 is 0. The molecule has 0 aromatic carbocycles. The van der Waals surface area contributed by atoms with Gasteiger partial charge in [0.1, 0.15) is 0 Å². The van der Waals surface area contributed by atoms with Gasteiger partial charge in [0.25, 0.3) is 0 Å². The van der Waals surface area contributed by atoms with Crippen LogP contribution in [-0.4, -0.2) is 48.4 Å². The molecule has 0 bridgehead atoms. The number of likely N-dealkylation sites (N-methyl/N-ethyl adjacent to an activating group) is 1. The molecule has 1 unspecified atom stereocenters. The van der Waals surface area contributed by atoms with Crippen molar-refractivity contribution in [3.63, 3.8) is 0 Å². The molecule has 1 aliphatic heterocycles. The van der Waals surface area contributed by atoms with Gasteiger partial charge in [-0.3, -0.25) is 4.79 Å². The number of hydrogen-bond donors (Lipinski definition) is 0. The summed E-state index contributed by atoms with van der Waals surface area (Å²) in [5, 5.41) is 0. The summed E-state index contributed by atoms with van der Waals surface area (Å²) in [7, 11) is 2.11. The molecule has 0 spiro atoms. The minimum absolute atomic E-state index is 0.159. The number of carbonyl (C=O) groups is 1. The van der Waals surface area contributed by atoms with Crippen molar-refractivity contribution in [2.75, 3.05) is 26.7 Å². The Labute approximate surface area is 86.4 Å². The van der Waals surface area contributed by atoms with Crippen LogP contribution < -0.4 is 0 Å². The normalized spacial score (nSPS) is 24.5. The van der Waals surface area contributed by atoms with Gasteiger partial charge in [-0.25, -0.2) is 0 Å².